The summed E-state index contributed by atoms with van der Waals surface area (Å²) in [6.07, 6.45) is 0.817. The van der Waals surface area contributed by atoms with Crippen LogP contribution in [0.15, 0.2) is 12.1 Å². The zero-order valence-electron chi connectivity index (χ0n) is 12.1. The standard InChI is InChI=1S/C14H23N3OS/c1-5-12-7-11(8-13(15-4)17-12)14(18)16-10(3)9-19-6-2/h7-8,10H,5-6,9H2,1-4H3,(H,15,17)(H,16,18). The quantitative estimate of drug-likeness (QED) is 0.806. The van der Waals surface area contributed by atoms with Gasteiger partial charge in [-0.15, -0.1) is 0 Å². The van der Waals surface area contributed by atoms with E-state index in [-0.39, 0.29) is 11.9 Å². The van der Waals surface area contributed by atoms with Crippen LogP contribution >= 0.6 is 11.8 Å². The van der Waals surface area contributed by atoms with Crippen LogP contribution < -0.4 is 10.6 Å². The fourth-order valence-electron chi connectivity index (χ4n) is 1.67. The fourth-order valence-corrected chi connectivity index (χ4v) is 2.34. The summed E-state index contributed by atoms with van der Waals surface area (Å²) in [4.78, 5) is 16.6. The Morgan fingerprint density at radius 1 is 1.42 bits per heavy atom. The van der Waals surface area contributed by atoms with Gasteiger partial charge in [0.2, 0.25) is 0 Å². The minimum atomic E-state index is -0.0298. The van der Waals surface area contributed by atoms with Gasteiger partial charge in [0.25, 0.3) is 5.91 Å². The van der Waals surface area contributed by atoms with E-state index in [1.54, 1.807) is 6.07 Å². The average Bonchev–Trinajstić information content (AvgIpc) is 2.44. The second kappa shape index (κ2) is 8.04. The summed E-state index contributed by atoms with van der Waals surface area (Å²) in [6, 6.07) is 3.82. The molecule has 0 saturated heterocycles. The molecule has 0 saturated carbocycles. The van der Waals surface area contributed by atoms with Crippen molar-refractivity contribution >= 4 is 23.5 Å². The molecule has 5 heteroatoms. The maximum absolute atomic E-state index is 12.2. The monoisotopic (exact) mass is 281 g/mol. The minimum absolute atomic E-state index is 0.0298. The van der Waals surface area contributed by atoms with Crippen molar-refractivity contribution in [3.8, 4) is 0 Å². The first-order valence-electron chi connectivity index (χ1n) is 6.68. The van der Waals surface area contributed by atoms with Crippen molar-refractivity contribution in [3.05, 3.63) is 23.4 Å². The Bertz CT molecular complexity index is 401. The van der Waals surface area contributed by atoms with Crippen molar-refractivity contribution in [1.29, 1.82) is 0 Å². The number of rotatable bonds is 7. The van der Waals surface area contributed by atoms with Crippen LogP contribution in [-0.4, -0.2) is 35.5 Å². The molecule has 0 aliphatic rings. The molecule has 0 spiro atoms. The number of hydrogen-bond acceptors (Lipinski definition) is 4. The largest absolute Gasteiger partial charge is 0.373 e. The molecule has 19 heavy (non-hydrogen) atoms. The smallest absolute Gasteiger partial charge is 0.251 e. The van der Waals surface area contributed by atoms with Crippen LogP contribution in [0.4, 0.5) is 5.82 Å². The lowest BCUT2D eigenvalue weighted by molar-refractivity contribution is 0.0943. The van der Waals surface area contributed by atoms with Crippen LogP contribution in [0.1, 0.15) is 36.8 Å². The molecule has 1 aromatic heterocycles. The molecule has 0 aromatic carbocycles. The summed E-state index contributed by atoms with van der Waals surface area (Å²) in [6.45, 7) is 6.18. The second-order valence-electron chi connectivity index (χ2n) is 4.37. The van der Waals surface area contributed by atoms with Gasteiger partial charge in [0.15, 0.2) is 0 Å². The Balaban J connectivity index is 2.75. The van der Waals surface area contributed by atoms with Gasteiger partial charge in [-0.3, -0.25) is 4.79 Å². The van der Waals surface area contributed by atoms with Gasteiger partial charge in [-0.2, -0.15) is 11.8 Å². The van der Waals surface area contributed by atoms with Gasteiger partial charge in [0.1, 0.15) is 5.82 Å². The van der Waals surface area contributed by atoms with E-state index < -0.39 is 0 Å². The lowest BCUT2D eigenvalue weighted by atomic mass is 10.1. The first-order valence-corrected chi connectivity index (χ1v) is 7.83. The SMILES string of the molecule is CCSCC(C)NC(=O)c1cc(CC)nc(NC)c1. The van der Waals surface area contributed by atoms with E-state index >= 15 is 0 Å². The molecule has 0 bridgehead atoms. The number of carbonyl (C=O) groups excluding carboxylic acids is 1. The topological polar surface area (TPSA) is 54.0 Å². The Kier molecular flexibility index (Phi) is 6.70. The molecule has 1 heterocycles. The van der Waals surface area contributed by atoms with E-state index in [9.17, 15) is 4.79 Å². The van der Waals surface area contributed by atoms with Crippen LogP contribution in [0.2, 0.25) is 0 Å². The molecule has 4 nitrogen and oxygen atoms in total. The second-order valence-corrected chi connectivity index (χ2v) is 5.69. The normalized spacial score (nSPS) is 12.0. The number of pyridine rings is 1. The van der Waals surface area contributed by atoms with E-state index in [1.807, 2.05) is 38.7 Å². The van der Waals surface area contributed by atoms with Crippen molar-refractivity contribution in [2.45, 2.75) is 33.2 Å². The molecule has 0 fully saturated rings. The molecule has 1 atom stereocenters. The summed E-state index contributed by atoms with van der Waals surface area (Å²) >= 11 is 1.83. The lowest BCUT2D eigenvalue weighted by Gasteiger charge is -2.14. The van der Waals surface area contributed by atoms with Crippen molar-refractivity contribution in [2.24, 2.45) is 0 Å². The molecule has 0 aliphatic heterocycles. The molecule has 106 valence electrons. The number of nitrogens with zero attached hydrogens (tertiary/aromatic N) is 1. The first-order chi connectivity index (χ1) is 9.10. The molecule has 2 N–H and O–H groups in total. The highest BCUT2D eigenvalue weighted by Gasteiger charge is 2.11. The van der Waals surface area contributed by atoms with Crippen molar-refractivity contribution in [1.82, 2.24) is 10.3 Å². The van der Waals surface area contributed by atoms with Gasteiger partial charge in [0.05, 0.1) is 0 Å². The van der Waals surface area contributed by atoms with Gasteiger partial charge >= 0.3 is 0 Å². The van der Waals surface area contributed by atoms with Gasteiger partial charge < -0.3 is 10.6 Å². The van der Waals surface area contributed by atoms with Crippen LogP contribution in [0.5, 0.6) is 0 Å². The van der Waals surface area contributed by atoms with Crippen LogP contribution in [0.3, 0.4) is 0 Å². The summed E-state index contributed by atoms with van der Waals surface area (Å²) in [5, 5.41) is 6.01. The Morgan fingerprint density at radius 3 is 2.74 bits per heavy atom. The third-order valence-corrected chi connectivity index (χ3v) is 3.85. The number of aromatic nitrogens is 1. The maximum Gasteiger partial charge on any atom is 0.251 e. The number of nitrogens with one attached hydrogen (secondary N) is 2. The molecule has 1 aromatic rings. The highest BCUT2D eigenvalue weighted by atomic mass is 32.2. The highest BCUT2D eigenvalue weighted by molar-refractivity contribution is 7.99. The van der Waals surface area contributed by atoms with E-state index in [4.69, 9.17) is 0 Å². The first kappa shape index (κ1) is 15.8. The average molecular weight is 281 g/mol. The summed E-state index contributed by atoms with van der Waals surface area (Å²) < 4.78 is 0. The Hall–Kier alpha value is -1.23. The van der Waals surface area contributed by atoms with E-state index in [1.165, 1.54) is 0 Å². The zero-order chi connectivity index (χ0) is 14.3. The summed E-state index contributed by atoms with van der Waals surface area (Å²) in [5.41, 5.74) is 1.59. The van der Waals surface area contributed by atoms with E-state index in [0.29, 0.717) is 5.56 Å². The van der Waals surface area contributed by atoms with Gasteiger partial charge in [0, 0.05) is 30.1 Å². The number of thioether (sulfide) groups is 1. The van der Waals surface area contributed by atoms with Crippen LogP contribution in [0.25, 0.3) is 0 Å². The van der Waals surface area contributed by atoms with Gasteiger partial charge in [-0.25, -0.2) is 4.98 Å². The van der Waals surface area contributed by atoms with Crippen molar-refractivity contribution in [3.63, 3.8) is 0 Å². The zero-order valence-corrected chi connectivity index (χ0v) is 12.9. The maximum atomic E-state index is 12.2. The molecule has 1 amide bonds. The molecule has 1 unspecified atom stereocenters. The lowest BCUT2D eigenvalue weighted by Crippen LogP contribution is -2.34. The third-order valence-electron chi connectivity index (χ3n) is 2.71. The number of carbonyl (C=O) groups is 1. The predicted molar refractivity (Wildman–Crippen MR) is 83.1 cm³/mol. The van der Waals surface area contributed by atoms with Gasteiger partial charge in [-0.05, 0) is 31.2 Å². The molecular weight excluding hydrogens is 258 g/mol. The number of amides is 1. The molecular formula is C14H23N3OS. The number of anilines is 1. The molecule has 0 radical (unpaired) electrons. The minimum Gasteiger partial charge on any atom is -0.373 e. The van der Waals surface area contributed by atoms with Crippen LogP contribution in [-0.2, 0) is 6.42 Å². The highest BCUT2D eigenvalue weighted by Crippen LogP contribution is 2.11. The molecule has 0 aliphatic carbocycles. The Labute approximate surface area is 119 Å². The van der Waals surface area contributed by atoms with Crippen molar-refractivity contribution < 1.29 is 4.79 Å². The summed E-state index contributed by atoms with van der Waals surface area (Å²) in [5.74, 6) is 2.71. The fraction of sp³-hybridized carbons (Fsp3) is 0.571. The number of hydrogen-bond donors (Lipinski definition) is 2. The molecule has 1 rings (SSSR count). The third kappa shape index (κ3) is 5.11. The number of aryl methyl sites for hydroxylation is 1. The van der Waals surface area contributed by atoms with Crippen molar-refractivity contribution in [2.75, 3.05) is 23.9 Å². The van der Waals surface area contributed by atoms with Gasteiger partial charge in [-0.1, -0.05) is 13.8 Å². The summed E-state index contributed by atoms with van der Waals surface area (Å²) in [7, 11) is 1.81. The van der Waals surface area contributed by atoms with E-state index in [2.05, 4.69) is 22.5 Å². The van der Waals surface area contributed by atoms with E-state index in [0.717, 1.165) is 29.4 Å². The van der Waals surface area contributed by atoms with Crippen LogP contribution in [0, 0.1) is 0 Å². The Morgan fingerprint density at radius 2 is 2.16 bits per heavy atom. The predicted octanol–water partition coefficient (Wildman–Crippen LogP) is 2.56.